The van der Waals surface area contributed by atoms with E-state index in [0.29, 0.717) is 18.4 Å². The lowest BCUT2D eigenvalue weighted by molar-refractivity contribution is -0.154. The van der Waals surface area contributed by atoms with Gasteiger partial charge in [0.25, 0.3) is 0 Å². The van der Waals surface area contributed by atoms with Crippen molar-refractivity contribution in [1.82, 2.24) is 4.90 Å². The number of aryl methyl sites for hydroxylation is 1. The molecular formula is C21H25NO5. The molecule has 0 bridgehead atoms. The molecule has 0 radical (unpaired) electrons. The van der Waals surface area contributed by atoms with Gasteiger partial charge in [-0.3, -0.25) is 24.1 Å². The zero-order chi connectivity index (χ0) is 19.6. The molecular weight excluding hydrogens is 346 g/mol. The van der Waals surface area contributed by atoms with Gasteiger partial charge < -0.3 is 4.74 Å². The number of rotatable bonds is 6. The number of carbonyl (C=O) groups excluding carboxylic acids is 4. The summed E-state index contributed by atoms with van der Waals surface area (Å²) in [5.41, 5.74) is 1.58. The van der Waals surface area contributed by atoms with E-state index in [4.69, 9.17) is 4.74 Å². The Kier molecular flexibility index (Phi) is 5.73. The standard InChI is InChI=1S/C21H25NO5/c1-3-14-8-10-15(11-9-14)19(24)13(2)27-18(23)12-22-20(25)16-6-4-5-7-17(16)21(22)26/h8-11,13,16-17H,3-7,12H2,1-2H3. The summed E-state index contributed by atoms with van der Waals surface area (Å²) < 4.78 is 5.20. The second kappa shape index (κ2) is 8.03. The molecule has 3 unspecified atom stereocenters. The number of likely N-dealkylation sites (tertiary alicyclic amines) is 1. The first-order valence-corrected chi connectivity index (χ1v) is 9.60. The maximum Gasteiger partial charge on any atom is 0.326 e. The first-order chi connectivity index (χ1) is 12.9. The van der Waals surface area contributed by atoms with E-state index >= 15 is 0 Å². The van der Waals surface area contributed by atoms with E-state index in [1.54, 1.807) is 12.1 Å². The number of hydrogen-bond donors (Lipinski definition) is 0. The molecule has 1 heterocycles. The van der Waals surface area contributed by atoms with Gasteiger partial charge in [0.1, 0.15) is 6.54 Å². The molecule has 2 amide bonds. The van der Waals surface area contributed by atoms with Crippen LogP contribution >= 0.6 is 0 Å². The van der Waals surface area contributed by atoms with Gasteiger partial charge in [-0.15, -0.1) is 0 Å². The van der Waals surface area contributed by atoms with Crippen molar-refractivity contribution in [1.29, 1.82) is 0 Å². The molecule has 2 aliphatic rings. The van der Waals surface area contributed by atoms with Crippen LogP contribution < -0.4 is 0 Å². The highest BCUT2D eigenvalue weighted by Gasteiger charge is 2.48. The van der Waals surface area contributed by atoms with E-state index in [1.807, 2.05) is 19.1 Å². The van der Waals surface area contributed by atoms with E-state index < -0.39 is 18.6 Å². The highest BCUT2D eigenvalue weighted by atomic mass is 16.5. The first kappa shape index (κ1) is 19.3. The molecule has 6 nitrogen and oxygen atoms in total. The summed E-state index contributed by atoms with van der Waals surface area (Å²) in [6.07, 6.45) is 3.16. The minimum atomic E-state index is -0.972. The molecule has 3 atom stereocenters. The Bertz CT molecular complexity index is 730. The molecule has 1 aliphatic carbocycles. The minimum absolute atomic E-state index is 0.282. The topological polar surface area (TPSA) is 80.8 Å². The number of ether oxygens (including phenoxy) is 1. The number of carbonyl (C=O) groups is 4. The average molecular weight is 371 g/mol. The summed E-state index contributed by atoms with van der Waals surface area (Å²) in [7, 11) is 0. The van der Waals surface area contributed by atoms with Gasteiger partial charge in [0.2, 0.25) is 17.6 Å². The monoisotopic (exact) mass is 371 g/mol. The quantitative estimate of drug-likeness (QED) is 0.436. The molecule has 27 heavy (non-hydrogen) atoms. The SMILES string of the molecule is CCc1ccc(C(=O)C(C)OC(=O)CN2C(=O)C3CCCCC3C2=O)cc1. The second-order valence-electron chi connectivity index (χ2n) is 7.31. The number of imide groups is 1. The number of ketones is 1. The van der Waals surface area contributed by atoms with Crippen LogP contribution in [0.15, 0.2) is 24.3 Å². The molecule has 2 fully saturated rings. The number of Topliss-reactive ketones (excluding diaryl/α,β-unsaturated/α-hetero) is 1. The molecule has 6 heteroatoms. The normalized spacial score (nSPS) is 23.1. The van der Waals surface area contributed by atoms with Crippen LogP contribution in [0.5, 0.6) is 0 Å². The van der Waals surface area contributed by atoms with Gasteiger partial charge in [-0.2, -0.15) is 0 Å². The van der Waals surface area contributed by atoms with Gasteiger partial charge in [-0.25, -0.2) is 0 Å². The molecule has 0 aromatic heterocycles. The Hall–Kier alpha value is -2.50. The van der Waals surface area contributed by atoms with Crippen molar-refractivity contribution < 1.29 is 23.9 Å². The predicted molar refractivity (Wildman–Crippen MR) is 97.9 cm³/mol. The van der Waals surface area contributed by atoms with Gasteiger partial charge in [-0.1, -0.05) is 44.0 Å². The van der Waals surface area contributed by atoms with Crippen molar-refractivity contribution in [3.8, 4) is 0 Å². The Morgan fingerprint density at radius 3 is 2.15 bits per heavy atom. The molecule has 3 rings (SSSR count). The van der Waals surface area contributed by atoms with Gasteiger partial charge in [0.15, 0.2) is 6.10 Å². The lowest BCUT2D eigenvalue weighted by Crippen LogP contribution is -2.38. The number of benzene rings is 1. The zero-order valence-corrected chi connectivity index (χ0v) is 15.8. The van der Waals surface area contributed by atoms with Crippen LogP contribution in [0.4, 0.5) is 0 Å². The molecule has 144 valence electrons. The van der Waals surface area contributed by atoms with Crippen molar-refractivity contribution in [3.63, 3.8) is 0 Å². The van der Waals surface area contributed by atoms with Crippen LogP contribution in [-0.4, -0.2) is 41.1 Å². The Morgan fingerprint density at radius 1 is 1.07 bits per heavy atom. The lowest BCUT2D eigenvalue weighted by Gasteiger charge is -2.19. The van der Waals surface area contributed by atoms with Crippen LogP contribution in [0.25, 0.3) is 0 Å². The summed E-state index contributed by atoms with van der Waals surface area (Å²) >= 11 is 0. The fraction of sp³-hybridized carbons (Fsp3) is 0.524. The predicted octanol–water partition coefficient (Wildman–Crippen LogP) is 2.54. The van der Waals surface area contributed by atoms with Crippen molar-refractivity contribution in [2.45, 2.75) is 52.1 Å². The summed E-state index contributed by atoms with van der Waals surface area (Å²) in [4.78, 5) is 50.5. The molecule has 0 N–H and O–H groups in total. The highest BCUT2D eigenvalue weighted by Crippen LogP contribution is 2.37. The van der Waals surface area contributed by atoms with Gasteiger partial charge >= 0.3 is 5.97 Å². The maximum atomic E-state index is 12.4. The minimum Gasteiger partial charge on any atom is -0.453 e. The van der Waals surface area contributed by atoms with Crippen molar-refractivity contribution in [3.05, 3.63) is 35.4 Å². The van der Waals surface area contributed by atoms with Crippen LogP contribution in [-0.2, 0) is 25.5 Å². The van der Waals surface area contributed by atoms with Crippen LogP contribution in [0.1, 0.15) is 55.5 Å². The second-order valence-corrected chi connectivity index (χ2v) is 7.31. The summed E-state index contributed by atoms with van der Waals surface area (Å²) in [5, 5.41) is 0. The number of fused-ring (bicyclic) bond motifs is 1. The lowest BCUT2D eigenvalue weighted by atomic mass is 9.81. The summed E-state index contributed by atoms with van der Waals surface area (Å²) in [5.74, 6) is -2.20. The fourth-order valence-corrected chi connectivity index (χ4v) is 3.94. The third-order valence-electron chi connectivity index (χ3n) is 5.54. The summed E-state index contributed by atoms with van der Waals surface area (Å²) in [6.45, 7) is 3.11. The van der Waals surface area contributed by atoms with Crippen molar-refractivity contribution in [2.24, 2.45) is 11.8 Å². The largest absolute Gasteiger partial charge is 0.453 e. The van der Waals surface area contributed by atoms with Crippen molar-refractivity contribution in [2.75, 3.05) is 6.54 Å². The molecule has 1 aliphatic heterocycles. The fourth-order valence-electron chi connectivity index (χ4n) is 3.94. The number of esters is 1. The molecule has 1 saturated carbocycles. The third kappa shape index (κ3) is 3.94. The molecule has 1 saturated heterocycles. The van der Waals surface area contributed by atoms with Gasteiger partial charge in [0, 0.05) is 5.56 Å². The third-order valence-corrected chi connectivity index (χ3v) is 5.54. The average Bonchev–Trinajstić information content (AvgIpc) is 2.92. The number of hydrogen-bond acceptors (Lipinski definition) is 5. The van der Waals surface area contributed by atoms with E-state index in [1.165, 1.54) is 6.92 Å². The smallest absolute Gasteiger partial charge is 0.326 e. The van der Waals surface area contributed by atoms with Crippen LogP contribution in [0.2, 0.25) is 0 Å². The maximum absolute atomic E-state index is 12.4. The summed E-state index contributed by atoms with van der Waals surface area (Å²) in [6, 6.07) is 7.16. The Morgan fingerprint density at radius 2 is 1.63 bits per heavy atom. The van der Waals surface area contributed by atoms with Crippen LogP contribution in [0.3, 0.4) is 0 Å². The van der Waals surface area contributed by atoms with Crippen molar-refractivity contribution >= 4 is 23.6 Å². The first-order valence-electron chi connectivity index (χ1n) is 9.60. The van der Waals surface area contributed by atoms with E-state index in [0.717, 1.165) is 29.7 Å². The van der Waals surface area contributed by atoms with E-state index in [9.17, 15) is 19.2 Å². The van der Waals surface area contributed by atoms with Gasteiger partial charge in [-0.05, 0) is 31.7 Å². The Balaban J connectivity index is 1.59. The Labute approximate surface area is 158 Å². The highest BCUT2D eigenvalue weighted by molar-refractivity contribution is 6.07. The number of nitrogens with zero attached hydrogens (tertiary/aromatic N) is 1. The van der Waals surface area contributed by atoms with Crippen LogP contribution in [0, 0.1) is 11.8 Å². The number of amides is 2. The zero-order valence-electron chi connectivity index (χ0n) is 15.8. The molecule has 0 spiro atoms. The van der Waals surface area contributed by atoms with E-state index in [-0.39, 0.29) is 29.4 Å². The molecule has 1 aromatic rings. The van der Waals surface area contributed by atoms with E-state index in [2.05, 4.69) is 0 Å². The van der Waals surface area contributed by atoms with Gasteiger partial charge in [0.05, 0.1) is 11.8 Å². The molecule has 1 aromatic carbocycles.